The van der Waals surface area contributed by atoms with Gasteiger partial charge in [-0.05, 0) is 50.5 Å². The van der Waals surface area contributed by atoms with Gasteiger partial charge in [-0.1, -0.05) is 5.16 Å². The maximum Gasteiger partial charge on any atom is 0.322 e. The molecule has 5 rings (SSSR count). The summed E-state index contributed by atoms with van der Waals surface area (Å²) in [5, 5.41) is 8.14. The van der Waals surface area contributed by atoms with Crippen LogP contribution in [0.15, 0.2) is 4.52 Å². The van der Waals surface area contributed by atoms with Crippen molar-refractivity contribution in [3.63, 3.8) is 0 Å². The lowest BCUT2D eigenvalue weighted by Crippen LogP contribution is -2.44. The third kappa shape index (κ3) is 2.42. The number of carbonyl (C=O) groups is 1. The molecule has 1 aliphatic heterocycles. The zero-order valence-electron chi connectivity index (χ0n) is 13.5. The molecule has 6 nitrogen and oxygen atoms in total. The molecule has 0 atom stereocenters. The van der Waals surface area contributed by atoms with E-state index in [2.05, 4.69) is 15.5 Å². The summed E-state index contributed by atoms with van der Waals surface area (Å²) in [6.45, 7) is 1.69. The van der Waals surface area contributed by atoms with Gasteiger partial charge in [-0.3, -0.25) is 5.32 Å². The van der Waals surface area contributed by atoms with E-state index in [1.807, 2.05) is 4.90 Å². The van der Waals surface area contributed by atoms with E-state index in [-0.39, 0.29) is 6.03 Å². The van der Waals surface area contributed by atoms with Gasteiger partial charge in [0.1, 0.15) is 5.00 Å². The zero-order chi connectivity index (χ0) is 16.1. The number of aryl methyl sites for hydroxylation is 1. The first-order valence-corrected chi connectivity index (χ1v) is 9.65. The van der Waals surface area contributed by atoms with Gasteiger partial charge in [0, 0.05) is 23.9 Å². The Labute approximate surface area is 144 Å². The molecule has 2 aliphatic carbocycles. The van der Waals surface area contributed by atoms with E-state index in [0.717, 1.165) is 61.6 Å². The lowest BCUT2D eigenvalue weighted by molar-refractivity contribution is 0.181. The topological polar surface area (TPSA) is 71.3 Å². The van der Waals surface area contributed by atoms with Gasteiger partial charge in [-0.15, -0.1) is 11.3 Å². The Morgan fingerprint density at radius 2 is 2.04 bits per heavy atom. The van der Waals surface area contributed by atoms with Crippen LogP contribution in [-0.2, 0) is 12.8 Å². The van der Waals surface area contributed by atoms with E-state index in [0.29, 0.717) is 11.8 Å². The van der Waals surface area contributed by atoms with Gasteiger partial charge in [-0.25, -0.2) is 4.79 Å². The molecule has 2 aromatic heterocycles. The molecule has 1 saturated heterocycles. The number of amides is 2. The fourth-order valence-electron chi connectivity index (χ4n) is 3.42. The highest BCUT2D eigenvalue weighted by atomic mass is 32.1. The van der Waals surface area contributed by atoms with Crippen molar-refractivity contribution in [2.45, 2.75) is 50.9 Å². The van der Waals surface area contributed by atoms with Crippen LogP contribution in [0.3, 0.4) is 0 Å². The first kappa shape index (κ1) is 14.5. The minimum Gasteiger partial charge on any atom is -0.334 e. The molecule has 3 aliphatic rings. The molecule has 126 valence electrons. The number of likely N-dealkylation sites (tertiary alicyclic amines) is 1. The van der Waals surface area contributed by atoms with Gasteiger partial charge in [0.2, 0.25) is 0 Å². The molecule has 1 saturated carbocycles. The predicted octanol–water partition coefficient (Wildman–Crippen LogP) is 3.79. The van der Waals surface area contributed by atoms with Crippen LogP contribution in [0.1, 0.15) is 54.3 Å². The number of fused-ring (bicyclic) bond motifs is 1. The van der Waals surface area contributed by atoms with Crippen molar-refractivity contribution in [3.8, 4) is 11.5 Å². The van der Waals surface area contributed by atoms with Crippen molar-refractivity contribution in [2.75, 3.05) is 18.4 Å². The maximum atomic E-state index is 12.4. The standard InChI is InChI=1S/C17H20N4O2S/c22-17(21-8-3-9-21)19-16-13(11-4-1-2-5-12(11)24-16)15-18-14(20-23-15)10-6-7-10/h10H,1-9H2,(H,19,22). The van der Waals surface area contributed by atoms with Crippen molar-refractivity contribution in [1.29, 1.82) is 0 Å². The third-order valence-corrected chi connectivity index (χ3v) is 6.34. The SMILES string of the molecule is O=C(Nc1sc2c(c1-c1nc(C3CC3)no1)CCCC2)N1CCC1. The van der Waals surface area contributed by atoms with E-state index >= 15 is 0 Å². The van der Waals surface area contributed by atoms with Gasteiger partial charge in [0.25, 0.3) is 5.89 Å². The van der Waals surface area contributed by atoms with Gasteiger partial charge >= 0.3 is 6.03 Å². The number of aromatic nitrogens is 2. The number of anilines is 1. The van der Waals surface area contributed by atoms with Crippen LogP contribution >= 0.6 is 11.3 Å². The maximum absolute atomic E-state index is 12.4. The van der Waals surface area contributed by atoms with E-state index in [1.165, 1.54) is 23.3 Å². The molecule has 7 heteroatoms. The molecular weight excluding hydrogens is 324 g/mol. The van der Waals surface area contributed by atoms with Crippen molar-refractivity contribution in [2.24, 2.45) is 0 Å². The van der Waals surface area contributed by atoms with Gasteiger partial charge < -0.3 is 9.42 Å². The Morgan fingerprint density at radius 1 is 1.21 bits per heavy atom. The van der Waals surface area contributed by atoms with Crippen molar-refractivity contribution >= 4 is 22.4 Å². The molecule has 1 N–H and O–H groups in total. The molecule has 0 bridgehead atoms. The zero-order valence-corrected chi connectivity index (χ0v) is 14.3. The van der Waals surface area contributed by atoms with Crippen LogP contribution in [0.25, 0.3) is 11.5 Å². The molecule has 0 spiro atoms. The van der Waals surface area contributed by atoms with Crippen LogP contribution in [0.2, 0.25) is 0 Å². The summed E-state index contributed by atoms with van der Waals surface area (Å²) in [5.74, 6) is 1.87. The van der Waals surface area contributed by atoms with Crippen molar-refractivity contribution < 1.29 is 9.32 Å². The molecule has 3 heterocycles. The first-order chi connectivity index (χ1) is 11.8. The van der Waals surface area contributed by atoms with Crippen LogP contribution in [0, 0.1) is 0 Å². The minimum atomic E-state index is -0.0111. The van der Waals surface area contributed by atoms with E-state index in [4.69, 9.17) is 4.52 Å². The van der Waals surface area contributed by atoms with Gasteiger partial charge in [0.05, 0.1) is 5.56 Å². The lowest BCUT2D eigenvalue weighted by Gasteiger charge is -2.30. The number of hydrogen-bond donors (Lipinski definition) is 1. The largest absolute Gasteiger partial charge is 0.334 e. The second kappa shape index (κ2) is 5.58. The summed E-state index contributed by atoms with van der Waals surface area (Å²) in [5.41, 5.74) is 2.28. The quantitative estimate of drug-likeness (QED) is 0.919. The summed E-state index contributed by atoms with van der Waals surface area (Å²) in [7, 11) is 0. The monoisotopic (exact) mass is 344 g/mol. The summed E-state index contributed by atoms with van der Waals surface area (Å²) in [6.07, 6.45) is 7.90. The normalized spacial score (nSPS) is 19.8. The first-order valence-electron chi connectivity index (χ1n) is 8.84. The van der Waals surface area contributed by atoms with Crippen LogP contribution in [0.4, 0.5) is 9.80 Å². The molecule has 24 heavy (non-hydrogen) atoms. The number of carbonyl (C=O) groups excluding carboxylic acids is 1. The van der Waals surface area contributed by atoms with Gasteiger partial charge in [-0.2, -0.15) is 4.98 Å². The number of thiophene rings is 1. The highest BCUT2D eigenvalue weighted by Crippen LogP contribution is 2.45. The Morgan fingerprint density at radius 3 is 2.79 bits per heavy atom. The van der Waals surface area contributed by atoms with E-state index < -0.39 is 0 Å². The van der Waals surface area contributed by atoms with E-state index in [9.17, 15) is 4.79 Å². The Bertz CT molecular complexity index is 789. The summed E-state index contributed by atoms with van der Waals surface area (Å²) in [4.78, 5) is 20.2. The molecule has 0 radical (unpaired) electrons. The highest BCUT2D eigenvalue weighted by Gasteiger charge is 2.32. The highest BCUT2D eigenvalue weighted by molar-refractivity contribution is 7.17. The number of nitrogens with zero attached hydrogens (tertiary/aromatic N) is 3. The molecule has 2 aromatic rings. The molecule has 2 fully saturated rings. The molecular formula is C17H20N4O2S. The van der Waals surface area contributed by atoms with Crippen molar-refractivity contribution in [3.05, 3.63) is 16.3 Å². The van der Waals surface area contributed by atoms with Crippen LogP contribution in [0.5, 0.6) is 0 Å². The number of urea groups is 1. The Kier molecular flexibility index (Phi) is 3.36. The second-order valence-electron chi connectivity index (χ2n) is 6.92. The minimum absolute atomic E-state index is 0.0111. The smallest absolute Gasteiger partial charge is 0.322 e. The van der Waals surface area contributed by atoms with Crippen LogP contribution < -0.4 is 5.32 Å². The third-order valence-electron chi connectivity index (χ3n) is 5.13. The Hall–Kier alpha value is -1.89. The summed E-state index contributed by atoms with van der Waals surface area (Å²) < 4.78 is 5.58. The van der Waals surface area contributed by atoms with E-state index in [1.54, 1.807) is 11.3 Å². The number of hydrogen-bond acceptors (Lipinski definition) is 5. The summed E-state index contributed by atoms with van der Waals surface area (Å²) in [6, 6.07) is -0.0111. The predicted molar refractivity (Wildman–Crippen MR) is 91.4 cm³/mol. The fraction of sp³-hybridized carbons (Fsp3) is 0.588. The lowest BCUT2D eigenvalue weighted by atomic mass is 9.95. The van der Waals surface area contributed by atoms with Crippen LogP contribution in [-0.4, -0.2) is 34.2 Å². The average Bonchev–Trinajstić information content (AvgIpc) is 3.14. The fourth-order valence-corrected chi connectivity index (χ4v) is 4.69. The van der Waals surface area contributed by atoms with Gasteiger partial charge in [0.15, 0.2) is 5.82 Å². The number of rotatable bonds is 3. The molecule has 0 unspecified atom stereocenters. The second-order valence-corrected chi connectivity index (χ2v) is 8.02. The number of nitrogens with one attached hydrogen (secondary N) is 1. The molecule has 0 aromatic carbocycles. The average molecular weight is 344 g/mol. The Balaban J connectivity index is 1.52. The van der Waals surface area contributed by atoms with Crippen molar-refractivity contribution in [1.82, 2.24) is 15.0 Å². The molecule has 2 amide bonds. The summed E-state index contributed by atoms with van der Waals surface area (Å²) >= 11 is 1.68.